The number of carbonyl (C=O) groups is 1. The van der Waals surface area contributed by atoms with E-state index in [0.29, 0.717) is 62.6 Å². The van der Waals surface area contributed by atoms with Gasteiger partial charge < -0.3 is 9.32 Å². The number of piperazine rings is 1. The largest absolute Gasteiger partial charge is 0.461 e. The van der Waals surface area contributed by atoms with E-state index in [0.717, 1.165) is 5.56 Å². The van der Waals surface area contributed by atoms with Crippen LogP contribution in [0.4, 0.5) is 10.1 Å². The van der Waals surface area contributed by atoms with E-state index < -0.39 is 4.92 Å². The van der Waals surface area contributed by atoms with E-state index in [9.17, 15) is 19.3 Å². The molecule has 0 bridgehead atoms. The molecule has 1 saturated heterocycles. The molecule has 0 aliphatic carbocycles. The van der Waals surface area contributed by atoms with Gasteiger partial charge in [-0.2, -0.15) is 0 Å². The molecule has 8 heteroatoms. The smallest absolute Gasteiger partial charge is 0.269 e. The number of nitrogens with zero attached hydrogens (tertiary/aromatic N) is 3. The molecular formula is C24H24FN3O4. The number of halogens is 1. The first-order valence-electron chi connectivity index (χ1n) is 10.6. The van der Waals surface area contributed by atoms with Crippen LogP contribution < -0.4 is 0 Å². The van der Waals surface area contributed by atoms with E-state index in [-0.39, 0.29) is 17.4 Å². The Morgan fingerprint density at radius 2 is 1.81 bits per heavy atom. The number of nitro groups is 1. The minimum absolute atomic E-state index is 0.0591. The third kappa shape index (κ3) is 5.20. The van der Waals surface area contributed by atoms with Gasteiger partial charge in [-0.15, -0.1) is 0 Å². The van der Waals surface area contributed by atoms with Crippen LogP contribution >= 0.6 is 0 Å². The standard InChI is InChI=1S/C24H24FN3O4/c25-22-7-2-1-6-21(22)23-10-8-20(32-23)9-11-24(29)27-14-12-26(13-15-27)17-18-4-3-5-19(16-18)28(30)31/h1-8,10,16H,9,11-15,17H2. The molecule has 1 aliphatic rings. The number of rotatable bonds is 7. The Morgan fingerprint density at radius 1 is 1.03 bits per heavy atom. The van der Waals surface area contributed by atoms with Gasteiger partial charge in [0, 0.05) is 57.7 Å². The van der Waals surface area contributed by atoms with E-state index in [2.05, 4.69) is 4.90 Å². The summed E-state index contributed by atoms with van der Waals surface area (Å²) >= 11 is 0. The molecule has 0 atom stereocenters. The summed E-state index contributed by atoms with van der Waals surface area (Å²) in [5.74, 6) is 0.831. The van der Waals surface area contributed by atoms with Crippen LogP contribution in [0.25, 0.3) is 11.3 Å². The van der Waals surface area contributed by atoms with Gasteiger partial charge in [-0.3, -0.25) is 19.8 Å². The fourth-order valence-corrected chi connectivity index (χ4v) is 3.89. The predicted molar refractivity (Wildman–Crippen MR) is 117 cm³/mol. The summed E-state index contributed by atoms with van der Waals surface area (Å²) in [4.78, 5) is 27.2. The van der Waals surface area contributed by atoms with Crippen molar-refractivity contribution < 1.29 is 18.5 Å². The molecule has 1 fully saturated rings. The molecule has 1 amide bonds. The van der Waals surface area contributed by atoms with Crippen LogP contribution in [-0.2, 0) is 17.8 Å². The molecule has 0 saturated carbocycles. The summed E-state index contributed by atoms with van der Waals surface area (Å²) in [6, 6.07) is 16.6. The molecule has 2 aromatic carbocycles. The SMILES string of the molecule is O=C(CCc1ccc(-c2ccccc2F)o1)N1CCN(Cc2cccc([N+](=O)[O-])c2)CC1. The highest BCUT2D eigenvalue weighted by Crippen LogP contribution is 2.25. The first-order valence-corrected chi connectivity index (χ1v) is 10.6. The lowest BCUT2D eigenvalue weighted by Gasteiger charge is -2.34. The topological polar surface area (TPSA) is 79.8 Å². The normalized spacial score (nSPS) is 14.5. The summed E-state index contributed by atoms with van der Waals surface area (Å²) in [5, 5.41) is 10.9. The zero-order chi connectivity index (χ0) is 22.5. The van der Waals surface area contributed by atoms with Crippen LogP contribution in [0, 0.1) is 15.9 Å². The second kappa shape index (κ2) is 9.74. The summed E-state index contributed by atoms with van der Waals surface area (Å²) in [6.45, 7) is 3.28. The van der Waals surface area contributed by atoms with E-state index >= 15 is 0 Å². The fourth-order valence-electron chi connectivity index (χ4n) is 3.89. The van der Waals surface area contributed by atoms with Gasteiger partial charge >= 0.3 is 0 Å². The Balaban J connectivity index is 1.25. The zero-order valence-corrected chi connectivity index (χ0v) is 17.6. The van der Waals surface area contributed by atoms with Crippen molar-refractivity contribution in [2.24, 2.45) is 0 Å². The third-order valence-corrected chi connectivity index (χ3v) is 5.64. The minimum Gasteiger partial charge on any atom is -0.461 e. The van der Waals surface area contributed by atoms with Crippen LogP contribution in [0.15, 0.2) is 65.1 Å². The van der Waals surface area contributed by atoms with Gasteiger partial charge in [0.15, 0.2) is 0 Å². The Kier molecular flexibility index (Phi) is 6.61. The van der Waals surface area contributed by atoms with Crippen LogP contribution in [0.5, 0.6) is 0 Å². The fraction of sp³-hybridized carbons (Fsp3) is 0.292. The van der Waals surface area contributed by atoms with Crippen molar-refractivity contribution in [3.8, 4) is 11.3 Å². The molecule has 1 aromatic heterocycles. The van der Waals surface area contributed by atoms with Crippen molar-refractivity contribution in [2.45, 2.75) is 19.4 Å². The lowest BCUT2D eigenvalue weighted by molar-refractivity contribution is -0.384. The van der Waals surface area contributed by atoms with Crippen molar-refractivity contribution in [3.05, 3.63) is 87.9 Å². The second-order valence-electron chi connectivity index (χ2n) is 7.83. The van der Waals surface area contributed by atoms with Gasteiger partial charge in [-0.05, 0) is 29.8 Å². The molecule has 166 valence electrons. The van der Waals surface area contributed by atoms with Crippen molar-refractivity contribution in [3.63, 3.8) is 0 Å². The number of aryl methyl sites for hydroxylation is 1. The molecule has 3 aromatic rings. The maximum absolute atomic E-state index is 13.9. The molecule has 4 rings (SSSR count). The third-order valence-electron chi connectivity index (χ3n) is 5.64. The average molecular weight is 437 g/mol. The van der Waals surface area contributed by atoms with Gasteiger partial charge in [0.1, 0.15) is 17.3 Å². The van der Waals surface area contributed by atoms with Gasteiger partial charge in [0.2, 0.25) is 5.91 Å². The number of amides is 1. The number of non-ortho nitro benzene ring substituents is 1. The highest BCUT2D eigenvalue weighted by Gasteiger charge is 2.22. The summed E-state index contributed by atoms with van der Waals surface area (Å²) in [5.41, 5.74) is 1.39. The summed E-state index contributed by atoms with van der Waals surface area (Å²) in [6.07, 6.45) is 0.788. The lowest BCUT2D eigenvalue weighted by Crippen LogP contribution is -2.48. The highest BCUT2D eigenvalue weighted by atomic mass is 19.1. The maximum Gasteiger partial charge on any atom is 0.269 e. The average Bonchev–Trinajstić information content (AvgIpc) is 3.27. The number of benzene rings is 2. The van der Waals surface area contributed by atoms with E-state index in [1.54, 1.807) is 42.5 Å². The lowest BCUT2D eigenvalue weighted by atomic mass is 10.1. The molecule has 0 spiro atoms. The summed E-state index contributed by atoms with van der Waals surface area (Å²) < 4.78 is 19.6. The maximum atomic E-state index is 13.9. The number of carbonyl (C=O) groups excluding carboxylic acids is 1. The number of furan rings is 1. The van der Waals surface area contributed by atoms with E-state index in [4.69, 9.17) is 4.42 Å². The molecule has 2 heterocycles. The predicted octanol–water partition coefficient (Wildman–Crippen LogP) is 4.27. The first-order chi connectivity index (χ1) is 15.5. The Bertz CT molecular complexity index is 1110. The van der Waals surface area contributed by atoms with Crippen LogP contribution in [0.3, 0.4) is 0 Å². The van der Waals surface area contributed by atoms with Gasteiger partial charge in [0.05, 0.1) is 10.5 Å². The van der Waals surface area contributed by atoms with Crippen molar-refractivity contribution >= 4 is 11.6 Å². The van der Waals surface area contributed by atoms with Crippen LogP contribution in [-0.4, -0.2) is 46.8 Å². The van der Waals surface area contributed by atoms with Gasteiger partial charge in [0.25, 0.3) is 5.69 Å². The first kappa shape index (κ1) is 21.7. The Morgan fingerprint density at radius 3 is 2.56 bits per heavy atom. The molecule has 0 N–H and O–H groups in total. The van der Waals surface area contributed by atoms with Crippen LogP contribution in [0.1, 0.15) is 17.7 Å². The van der Waals surface area contributed by atoms with Crippen molar-refractivity contribution in [1.82, 2.24) is 9.80 Å². The second-order valence-corrected chi connectivity index (χ2v) is 7.83. The number of hydrogen-bond acceptors (Lipinski definition) is 5. The Labute approximate surface area is 185 Å². The molecule has 0 unspecified atom stereocenters. The zero-order valence-electron chi connectivity index (χ0n) is 17.6. The summed E-state index contributed by atoms with van der Waals surface area (Å²) in [7, 11) is 0. The molecule has 1 aliphatic heterocycles. The number of nitro benzene ring substituents is 1. The van der Waals surface area contributed by atoms with Crippen molar-refractivity contribution in [1.29, 1.82) is 0 Å². The molecule has 7 nitrogen and oxygen atoms in total. The molecule has 32 heavy (non-hydrogen) atoms. The van der Waals surface area contributed by atoms with Gasteiger partial charge in [-0.25, -0.2) is 4.39 Å². The quantitative estimate of drug-likeness (QED) is 0.407. The highest BCUT2D eigenvalue weighted by molar-refractivity contribution is 5.76. The van der Waals surface area contributed by atoms with Gasteiger partial charge in [-0.1, -0.05) is 24.3 Å². The molecular weight excluding hydrogens is 413 g/mol. The number of hydrogen-bond donors (Lipinski definition) is 0. The molecule has 0 radical (unpaired) electrons. The monoisotopic (exact) mass is 437 g/mol. The van der Waals surface area contributed by atoms with E-state index in [1.165, 1.54) is 12.1 Å². The minimum atomic E-state index is -0.390. The van der Waals surface area contributed by atoms with E-state index in [1.807, 2.05) is 11.0 Å². The van der Waals surface area contributed by atoms with Crippen molar-refractivity contribution in [2.75, 3.05) is 26.2 Å². The van der Waals surface area contributed by atoms with Crippen LogP contribution in [0.2, 0.25) is 0 Å². The Hall–Kier alpha value is -3.52.